The Bertz CT molecular complexity index is 2480. The van der Waals surface area contributed by atoms with Crippen molar-refractivity contribution in [1.29, 1.82) is 0 Å². The summed E-state index contributed by atoms with van der Waals surface area (Å²) in [5, 5.41) is 8.10. The second-order valence-corrected chi connectivity index (χ2v) is 11.8. The Kier molecular flexibility index (Phi) is 6.50. The smallest absolute Gasteiger partial charge is 0.170 e. The quantitative estimate of drug-likeness (QED) is 0.213. The van der Waals surface area contributed by atoms with Crippen LogP contribution >= 0.6 is 0 Å². The highest BCUT2D eigenvalue weighted by atomic mass is 16.3. The van der Waals surface area contributed by atoms with Crippen LogP contribution in [0.5, 0.6) is 0 Å². The topological polar surface area (TPSA) is 49.9 Å². The van der Waals surface area contributed by atoms with Crippen molar-refractivity contribution in [3.63, 3.8) is 0 Å². The van der Waals surface area contributed by atoms with Crippen LogP contribution in [0.2, 0.25) is 0 Å². The van der Waals surface area contributed by atoms with E-state index >= 15 is 0 Å². The highest BCUT2D eigenvalue weighted by Gasteiger charge is 2.25. The van der Waals surface area contributed by atoms with Gasteiger partial charge in [-0.2, -0.15) is 0 Å². The van der Waals surface area contributed by atoms with Crippen LogP contribution in [0.3, 0.4) is 0 Å². The summed E-state index contributed by atoms with van der Waals surface area (Å²) < 4.78 is 6.50. The minimum absolute atomic E-state index is 0.482. The molecule has 0 radical (unpaired) electrons. The molecule has 7 aromatic carbocycles. The second-order valence-electron chi connectivity index (χ2n) is 11.8. The van der Waals surface area contributed by atoms with E-state index < -0.39 is 6.17 Å². The molecule has 0 saturated carbocycles. The molecule has 4 heteroatoms. The molecule has 0 bridgehead atoms. The van der Waals surface area contributed by atoms with Gasteiger partial charge in [0.05, 0.1) is 0 Å². The molecule has 2 heterocycles. The van der Waals surface area contributed by atoms with Gasteiger partial charge in [0.25, 0.3) is 0 Å². The maximum atomic E-state index is 6.50. The lowest BCUT2D eigenvalue weighted by Gasteiger charge is -2.23. The fourth-order valence-electron chi connectivity index (χ4n) is 6.64. The Balaban J connectivity index is 1.22. The number of amidine groups is 2. The standard InChI is InChI=1S/C43H29N3O/c1-3-11-28(12-4-1)30-21-24-32(25-22-30)42-44-41(31-14-5-2-6-15-31)45-43(46-42)36-18-10-20-38-40(36)39-35(17-9-19-37(39)47-38)34-26-23-29-13-7-8-16-33(29)27-34/h1-27,43H,(H,44,45,46). The summed E-state index contributed by atoms with van der Waals surface area (Å²) in [6, 6.07) is 56.9. The molecule has 1 aliphatic rings. The van der Waals surface area contributed by atoms with E-state index in [0.717, 1.165) is 67.0 Å². The molecule has 9 rings (SSSR count). The number of rotatable bonds is 5. The number of nitrogens with zero attached hydrogens (tertiary/aromatic N) is 2. The first kappa shape index (κ1) is 27.1. The summed E-state index contributed by atoms with van der Waals surface area (Å²) in [5.74, 6) is 1.57. The second kappa shape index (κ2) is 11.3. The van der Waals surface area contributed by atoms with Crippen LogP contribution in [0.1, 0.15) is 22.9 Å². The van der Waals surface area contributed by atoms with E-state index in [4.69, 9.17) is 14.4 Å². The minimum Gasteiger partial charge on any atom is -0.456 e. The van der Waals surface area contributed by atoms with E-state index in [2.05, 4.69) is 127 Å². The number of hydrogen-bond donors (Lipinski definition) is 1. The van der Waals surface area contributed by atoms with E-state index in [1.54, 1.807) is 0 Å². The SMILES string of the molecule is c1ccc(C2=NC(c3cccc4oc5cccc(-c6ccc7ccccc7c6)c5c34)N=C(c3ccc(-c4ccccc4)cc3)N2)cc1. The first-order valence-electron chi connectivity index (χ1n) is 15.9. The zero-order valence-electron chi connectivity index (χ0n) is 25.5. The van der Waals surface area contributed by atoms with Crippen LogP contribution in [0.15, 0.2) is 178 Å². The predicted molar refractivity (Wildman–Crippen MR) is 194 cm³/mol. The average molecular weight is 604 g/mol. The van der Waals surface area contributed by atoms with Crippen molar-refractivity contribution in [2.24, 2.45) is 9.98 Å². The van der Waals surface area contributed by atoms with Gasteiger partial charge in [-0.3, -0.25) is 0 Å². The molecule has 0 amide bonds. The van der Waals surface area contributed by atoms with Crippen molar-refractivity contribution < 1.29 is 4.42 Å². The Morgan fingerprint density at radius 1 is 0.426 bits per heavy atom. The van der Waals surface area contributed by atoms with Gasteiger partial charge in [0, 0.05) is 27.5 Å². The van der Waals surface area contributed by atoms with Crippen LogP contribution in [-0.4, -0.2) is 11.7 Å². The molecule has 0 aliphatic carbocycles. The van der Waals surface area contributed by atoms with Gasteiger partial charge in [0.1, 0.15) is 22.8 Å². The highest BCUT2D eigenvalue weighted by Crippen LogP contribution is 2.42. The van der Waals surface area contributed by atoms with Gasteiger partial charge >= 0.3 is 0 Å². The molecule has 1 unspecified atom stereocenters. The lowest BCUT2D eigenvalue weighted by atomic mass is 9.95. The third-order valence-corrected chi connectivity index (χ3v) is 8.95. The molecule has 1 aliphatic heterocycles. The molecule has 0 spiro atoms. The Labute approximate surface area is 272 Å². The number of aliphatic imine (C=N–C) groups is 2. The van der Waals surface area contributed by atoms with Gasteiger partial charge in [0.15, 0.2) is 6.17 Å². The number of hydrogen-bond acceptors (Lipinski definition) is 4. The van der Waals surface area contributed by atoms with Gasteiger partial charge in [-0.1, -0.05) is 146 Å². The number of benzene rings is 7. The van der Waals surface area contributed by atoms with Crippen molar-refractivity contribution >= 4 is 44.4 Å². The molecule has 222 valence electrons. The predicted octanol–water partition coefficient (Wildman–Crippen LogP) is 10.6. The van der Waals surface area contributed by atoms with Gasteiger partial charge in [-0.15, -0.1) is 0 Å². The lowest BCUT2D eigenvalue weighted by molar-refractivity contribution is 0.667. The monoisotopic (exact) mass is 603 g/mol. The van der Waals surface area contributed by atoms with Gasteiger partial charge in [-0.05, 0) is 51.2 Å². The van der Waals surface area contributed by atoms with Crippen LogP contribution < -0.4 is 5.32 Å². The molecule has 0 saturated heterocycles. The van der Waals surface area contributed by atoms with E-state index in [-0.39, 0.29) is 0 Å². The zero-order chi connectivity index (χ0) is 31.2. The van der Waals surface area contributed by atoms with Crippen LogP contribution in [0.25, 0.3) is 55.0 Å². The molecular formula is C43H29N3O. The van der Waals surface area contributed by atoms with Crippen molar-refractivity contribution in [2.75, 3.05) is 0 Å². The number of nitrogens with one attached hydrogen (secondary N) is 1. The summed E-state index contributed by atoms with van der Waals surface area (Å²) in [6.07, 6.45) is -0.482. The molecule has 1 aromatic heterocycles. The molecule has 1 atom stereocenters. The summed E-state index contributed by atoms with van der Waals surface area (Å²) in [6.45, 7) is 0. The van der Waals surface area contributed by atoms with Gasteiger partial charge < -0.3 is 9.73 Å². The third kappa shape index (κ3) is 4.88. The summed E-state index contributed by atoms with van der Waals surface area (Å²) >= 11 is 0. The van der Waals surface area contributed by atoms with Crippen molar-refractivity contribution in [3.05, 3.63) is 180 Å². The van der Waals surface area contributed by atoms with Crippen molar-refractivity contribution in [1.82, 2.24) is 5.32 Å². The minimum atomic E-state index is -0.482. The molecule has 47 heavy (non-hydrogen) atoms. The molecular weight excluding hydrogens is 574 g/mol. The molecule has 1 N–H and O–H groups in total. The van der Waals surface area contributed by atoms with Crippen LogP contribution in [0.4, 0.5) is 0 Å². The Morgan fingerprint density at radius 3 is 1.72 bits per heavy atom. The molecule has 0 fully saturated rings. The van der Waals surface area contributed by atoms with Gasteiger partial charge in [0.2, 0.25) is 0 Å². The van der Waals surface area contributed by atoms with E-state index in [0.29, 0.717) is 0 Å². The average Bonchev–Trinajstić information content (AvgIpc) is 3.54. The van der Waals surface area contributed by atoms with Crippen molar-refractivity contribution in [3.8, 4) is 22.3 Å². The van der Waals surface area contributed by atoms with Crippen molar-refractivity contribution in [2.45, 2.75) is 6.17 Å². The van der Waals surface area contributed by atoms with Crippen LogP contribution in [-0.2, 0) is 0 Å². The highest BCUT2D eigenvalue weighted by molar-refractivity contribution is 6.17. The Morgan fingerprint density at radius 2 is 0.979 bits per heavy atom. The summed E-state index contributed by atoms with van der Waals surface area (Å²) in [5.41, 5.74) is 9.30. The van der Waals surface area contributed by atoms with E-state index in [1.807, 2.05) is 42.5 Å². The third-order valence-electron chi connectivity index (χ3n) is 8.95. The lowest BCUT2D eigenvalue weighted by Crippen LogP contribution is -2.36. The summed E-state index contributed by atoms with van der Waals surface area (Å²) in [7, 11) is 0. The largest absolute Gasteiger partial charge is 0.456 e. The van der Waals surface area contributed by atoms with Gasteiger partial charge in [-0.25, -0.2) is 9.98 Å². The number of fused-ring (bicyclic) bond motifs is 4. The molecule has 4 nitrogen and oxygen atoms in total. The first-order valence-corrected chi connectivity index (χ1v) is 15.9. The molecule has 8 aromatic rings. The fourth-order valence-corrected chi connectivity index (χ4v) is 6.64. The first-order chi connectivity index (χ1) is 23.3. The maximum absolute atomic E-state index is 6.50. The maximum Gasteiger partial charge on any atom is 0.170 e. The number of furan rings is 1. The van der Waals surface area contributed by atoms with E-state index in [1.165, 1.54) is 16.3 Å². The van der Waals surface area contributed by atoms with E-state index in [9.17, 15) is 0 Å². The fraction of sp³-hybridized carbons (Fsp3) is 0.0233. The Hall–Kier alpha value is -6.26. The normalized spacial score (nSPS) is 14.6. The zero-order valence-corrected chi connectivity index (χ0v) is 25.5. The summed E-state index contributed by atoms with van der Waals surface area (Å²) in [4.78, 5) is 10.5. The van der Waals surface area contributed by atoms with Crippen LogP contribution in [0, 0.1) is 0 Å².